The minimum Gasteiger partial charge on any atom is -0.494 e. The second kappa shape index (κ2) is 9.26. The number of hydrogen-bond donors (Lipinski definition) is 0. The van der Waals surface area contributed by atoms with Crippen LogP contribution in [0.3, 0.4) is 0 Å². The molecule has 0 radical (unpaired) electrons. The van der Waals surface area contributed by atoms with Crippen LogP contribution in [0, 0.1) is 17.7 Å². The molecule has 0 aliphatic heterocycles. The van der Waals surface area contributed by atoms with Crippen LogP contribution in [0.1, 0.15) is 30.9 Å². The summed E-state index contributed by atoms with van der Waals surface area (Å²) < 4.78 is 19.1. The molecule has 3 aromatic carbocycles. The molecule has 0 bridgehead atoms. The Labute approximate surface area is 164 Å². The summed E-state index contributed by atoms with van der Waals surface area (Å²) in [5.41, 5.74) is 3.70. The first-order valence-electron chi connectivity index (χ1n) is 8.96. The zero-order valence-corrected chi connectivity index (χ0v) is 15.9. The van der Waals surface area contributed by atoms with Gasteiger partial charge in [-0.05, 0) is 60.0 Å². The summed E-state index contributed by atoms with van der Waals surface area (Å²) in [6, 6.07) is 20.6. The molecule has 0 fully saturated rings. The van der Waals surface area contributed by atoms with Gasteiger partial charge in [-0.15, -0.1) is 0 Å². The quantitative estimate of drug-likeness (QED) is 0.353. The molecule has 0 unspecified atom stereocenters. The smallest absolute Gasteiger partial charge is 0.143 e. The van der Waals surface area contributed by atoms with Gasteiger partial charge < -0.3 is 4.74 Å². The molecule has 0 spiro atoms. The van der Waals surface area contributed by atoms with Crippen LogP contribution in [-0.2, 0) is 0 Å². The van der Waals surface area contributed by atoms with Gasteiger partial charge in [0.25, 0.3) is 0 Å². The van der Waals surface area contributed by atoms with Gasteiger partial charge in [0.05, 0.1) is 11.6 Å². The predicted octanol–water partition coefficient (Wildman–Crippen LogP) is 6.72. The fourth-order valence-electron chi connectivity index (χ4n) is 2.54. The van der Waals surface area contributed by atoms with E-state index in [1.165, 1.54) is 12.1 Å². The predicted molar refractivity (Wildman–Crippen MR) is 110 cm³/mol. The van der Waals surface area contributed by atoms with Crippen molar-refractivity contribution in [1.29, 1.82) is 0 Å². The Bertz CT molecular complexity index is 950. The molecule has 0 atom stereocenters. The summed E-state index contributed by atoms with van der Waals surface area (Å²) in [5.74, 6) is 6.44. The standard InChI is InChI=1S/C24H20ClFO/c1-2-3-16-27-22-13-11-21(12-14-22)20-9-6-18(7-10-20)4-5-19-8-15-23(25)24(26)17-19/h6-15,17H,2-3,16H2,1H3. The van der Waals surface area contributed by atoms with Gasteiger partial charge in [0.1, 0.15) is 11.6 Å². The molecule has 0 N–H and O–H groups in total. The molecule has 0 aromatic heterocycles. The number of halogens is 2. The molecule has 1 nitrogen and oxygen atoms in total. The van der Waals surface area contributed by atoms with Crippen molar-refractivity contribution in [2.45, 2.75) is 19.8 Å². The van der Waals surface area contributed by atoms with E-state index in [4.69, 9.17) is 16.3 Å². The van der Waals surface area contributed by atoms with Gasteiger partial charge in [-0.1, -0.05) is 61.1 Å². The monoisotopic (exact) mass is 378 g/mol. The van der Waals surface area contributed by atoms with E-state index in [9.17, 15) is 4.39 Å². The largest absolute Gasteiger partial charge is 0.494 e. The maximum absolute atomic E-state index is 13.5. The van der Waals surface area contributed by atoms with Crippen LogP contribution >= 0.6 is 11.6 Å². The summed E-state index contributed by atoms with van der Waals surface area (Å²) in [7, 11) is 0. The normalized spacial score (nSPS) is 10.2. The van der Waals surface area contributed by atoms with E-state index in [-0.39, 0.29) is 5.02 Å². The van der Waals surface area contributed by atoms with Crippen molar-refractivity contribution in [2.75, 3.05) is 6.61 Å². The first-order valence-corrected chi connectivity index (χ1v) is 9.34. The maximum atomic E-state index is 13.5. The van der Waals surface area contributed by atoms with E-state index in [0.29, 0.717) is 5.56 Å². The molecule has 3 rings (SSSR count). The van der Waals surface area contributed by atoms with Gasteiger partial charge in [-0.2, -0.15) is 0 Å². The summed E-state index contributed by atoms with van der Waals surface area (Å²) in [5, 5.41) is 0.103. The van der Waals surface area contributed by atoms with Gasteiger partial charge in [0.2, 0.25) is 0 Å². The number of benzene rings is 3. The Balaban J connectivity index is 1.68. The second-order valence-electron chi connectivity index (χ2n) is 6.18. The van der Waals surface area contributed by atoms with Gasteiger partial charge in [0, 0.05) is 11.1 Å². The number of rotatable bonds is 5. The average molecular weight is 379 g/mol. The lowest BCUT2D eigenvalue weighted by Gasteiger charge is -2.07. The Morgan fingerprint density at radius 2 is 1.44 bits per heavy atom. The number of ether oxygens (including phenoxy) is 1. The van der Waals surface area contributed by atoms with Crippen molar-refractivity contribution in [2.24, 2.45) is 0 Å². The van der Waals surface area contributed by atoms with Crippen LogP contribution in [0.4, 0.5) is 4.39 Å². The molecule has 0 saturated carbocycles. The van der Waals surface area contributed by atoms with Crippen molar-refractivity contribution in [3.8, 4) is 28.7 Å². The minimum atomic E-state index is -0.457. The Morgan fingerprint density at radius 3 is 2.07 bits per heavy atom. The van der Waals surface area contributed by atoms with Gasteiger partial charge >= 0.3 is 0 Å². The molecular weight excluding hydrogens is 359 g/mol. The van der Waals surface area contributed by atoms with E-state index in [1.54, 1.807) is 6.07 Å². The Hall–Kier alpha value is -2.76. The molecule has 3 heteroatoms. The third kappa shape index (κ3) is 5.36. The van der Waals surface area contributed by atoms with Crippen LogP contribution in [0.2, 0.25) is 5.02 Å². The molecule has 27 heavy (non-hydrogen) atoms. The zero-order valence-electron chi connectivity index (χ0n) is 15.1. The summed E-state index contributed by atoms with van der Waals surface area (Å²) >= 11 is 5.68. The fourth-order valence-corrected chi connectivity index (χ4v) is 2.66. The van der Waals surface area contributed by atoms with Crippen LogP contribution in [0.15, 0.2) is 66.7 Å². The van der Waals surface area contributed by atoms with Crippen LogP contribution in [0.25, 0.3) is 11.1 Å². The van der Waals surface area contributed by atoms with E-state index < -0.39 is 5.82 Å². The maximum Gasteiger partial charge on any atom is 0.143 e. The van der Waals surface area contributed by atoms with Crippen molar-refractivity contribution >= 4 is 11.6 Å². The summed E-state index contributed by atoms with van der Waals surface area (Å²) in [6.45, 7) is 2.90. The van der Waals surface area contributed by atoms with Crippen LogP contribution in [0.5, 0.6) is 5.75 Å². The lowest BCUT2D eigenvalue weighted by molar-refractivity contribution is 0.309. The highest BCUT2D eigenvalue weighted by molar-refractivity contribution is 6.30. The molecule has 136 valence electrons. The second-order valence-corrected chi connectivity index (χ2v) is 6.59. The van der Waals surface area contributed by atoms with Crippen LogP contribution in [-0.4, -0.2) is 6.61 Å². The first-order chi connectivity index (χ1) is 13.2. The first kappa shape index (κ1) is 19.0. The van der Waals surface area contributed by atoms with E-state index in [2.05, 4.69) is 30.9 Å². The molecule has 0 saturated heterocycles. The molecular formula is C24H20ClFO. The Morgan fingerprint density at radius 1 is 0.852 bits per heavy atom. The molecule has 0 aliphatic rings. The lowest BCUT2D eigenvalue weighted by Crippen LogP contribution is -1.95. The molecule has 0 amide bonds. The average Bonchev–Trinajstić information content (AvgIpc) is 2.70. The minimum absolute atomic E-state index is 0.103. The van der Waals surface area contributed by atoms with Crippen molar-refractivity contribution in [3.63, 3.8) is 0 Å². The number of hydrogen-bond acceptors (Lipinski definition) is 1. The van der Waals surface area contributed by atoms with E-state index in [0.717, 1.165) is 41.9 Å². The molecule has 0 heterocycles. The van der Waals surface area contributed by atoms with Gasteiger partial charge in [-0.25, -0.2) is 4.39 Å². The topological polar surface area (TPSA) is 9.23 Å². The lowest BCUT2D eigenvalue weighted by atomic mass is 10.0. The zero-order chi connectivity index (χ0) is 19.1. The third-order valence-electron chi connectivity index (χ3n) is 4.11. The van der Waals surface area contributed by atoms with Crippen molar-refractivity contribution in [3.05, 3.63) is 88.7 Å². The van der Waals surface area contributed by atoms with E-state index >= 15 is 0 Å². The van der Waals surface area contributed by atoms with Crippen LogP contribution < -0.4 is 4.74 Å². The fraction of sp³-hybridized carbons (Fsp3) is 0.167. The van der Waals surface area contributed by atoms with Crippen molar-refractivity contribution in [1.82, 2.24) is 0 Å². The SMILES string of the molecule is CCCCOc1ccc(-c2ccc(C#Cc3ccc(Cl)c(F)c3)cc2)cc1. The highest BCUT2D eigenvalue weighted by Gasteiger charge is 2.00. The molecule has 3 aromatic rings. The van der Waals surface area contributed by atoms with Gasteiger partial charge in [-0.3, -0.25) is 0 Å². The highest BCUT2D eigenvalue weighted by atomic mass is 35.5. The molecule has 0 aliphatic carbocycles. The highest BCUT2D eigenvalue weighted by Crippen LogP contribution is 2.23. The van der Waals surface area contributed by atoms with Crippen molar-refractivity contribution < 1.29 is 9.13 Å². The third-order valence-corrected chi connectivity index (χ3v) is 4.42. The Kier molecular flexibility index (Phi) is 6.52. The summed E-state index contributed by atoms with van der Waals surface area (Å²) in [4.78, 5) is 0. The summed E-state index contributed by atoms with van der Waals surface area (Å²) in [6.07, 6.45) is 2.19. The number of unbranched alkanes of at least 4 members (excludes halogenated alkanes) is 1. The van der Waals surface area contributed by atoms with Gasteiger partial charge in [0.15, 0.2) is 0 Å². The van der Waals surface area contributed by atoms with E-state index in [1.807, 2.05) is 36.4 Å².